The number of anilines is 1. The van der Waals surface area contributed by atoms with Crippen LogP contribution in [0, 0.1) is 5.82 Å². The molecule has 0 bridgehead atoms. The zero-order valence-corrected chi connectivity index (χ0v) is 18.0. The van der Waals surface area contributed by atoms with Gasteiger partial charge in [0.05, 0.1) is 11.4 Å². The van der Waals surface area contributed by atoms with Crippen LogP contribution in [0.5, 0.6) is 0 Å². The summed E-state index contributed by atoms with van der Waals surface area (Å²) < 4.78 is 15.7. The molecular weight excluding hydrogens is 393 g/mol. The van der Waals surface area contributed by atoms with Crippen LogP contribution in [0.25, 0.3) is 17.3 Å². The van der Waals surface area contributed by atoms with Gasteiger partial charge in [-0.05, 0) is 63.2 Å². The highest BCUT2D eigenvalue weighted by molar-refractivity contribution is 6.25. The van der Waals surface area contributed by atoms with Crippen molar-refractivity contribution in [1.29, 1.82) is 0 Å². The Balaban J connectivity index is 1.51. The van der Waals surface area contributed by atoms with E-state index >= 15 is 0 Å². The van der Waals surface area contributed by atoms with Crippen molar-refractivity contribution in [3.8, 4) is 0 Å². The predicted molar refractivity (Wildman–Crippen MR) is 119 cm³/mol. The molecule has 0 spiro atoms. The highest BCUT2D eigenvalue weighted by Crippen LogP contribution is 2.29. The third kappa shape index (κ3) is 3.53. The molecule has 3 aromatic heterocycles. The number of carbonyl (C=O) groups excluding carboxylic acids is 1. The lowest BCUT2D eigenvalue weighted by molar-refractivity contribution is -0.113. The topological polar surface area (TPSA) is 53.7 Å². The van der Waals surface area contributed by atoms with Crippen molar-refractivity contribution in [2.24, 2.45) is 0 Å². The van der Waals surface area contributed by atoms with Gasteiger partial charge in [-0.3, -0.25) is 9.69 Å². The molecule has 6 nitrogen and oxygen atoms in total. The number of ketones is 1. The highest BCUT2D eigenvalue weighted by Gasteiger charge is 2.28. The number of Topliss-reactive ketones (excluding diaryl/α,β-unsaturated/α-hetero) is 1. The lowest BCUT2D eigenvalue weighted by Crippen LogP contribution is -2.55. The smallest absolute Gasteiger partial charge is 0.173 e. The number of halogens is 1. The summed E-state index contributed by atoms with van der Waals surface area (Å²) in [6, 6.07) is 7.91. The van der Waals surface area contributed by atoms with Gasteiger partial charge in [0.2, 0.25) is 0 Å². The van der Waals surface area contributed by atoms with Crippen molar-refractivity contribution in [2.45, 2.75) is 38.8 Å². The Morgan fingerprint density at radius 1 is 1.06 bits per heavy atom. The van der Waals surface area contributed by atoms with Gasteiger partial charge in [-0.25, -0.2) is 14.4 Å². The Morgan fingerprint density at radius 3 is 2.71 bits per heavy atom. The quantitative estimate of drug-likeness (QED) is 0.637. The second-order valence-corrected chi connectivity index (χ2v) is 8.69. The maximum absolute atomic E-state index is 14.1. The van der Waals surface area contributed by atoms with Gasteiger partial charge >= 0.3 is 0 Å². The Kier molecular flexibility index (Phi) is 4.85. The first kappa shape index (κ1) is 19.9. The van der Waals surface area contributed by atoms with Gasteiger partial charge in [0.15, 0.2) is 17.2 Å². The molecule has 31 heavy (non-hydrogen) atoms. The average Bonchev–Trinajstić information content (AvgIpc) is 3.11. The summed E-state index contributed by atoms with van der Waals surface area (Å²) in [7, 11) is 2.16. The van der Waals surface area contributed by atoms with Crippen LogP contribution in [-0.2, 0) is 11.2 Å². The number of aryl methyl sites for hydroxylation is 1. The number of carbonyl (C=O) groups is 1. The lowest BCUT2D eigenvalue weighted by Gasteiger charge is -2.43. The minimum Gasteiger partial charge on any atom is -0.351 e. The maximum Gasteiger partial charge on any atom is 0.173 e. The van der Waals surface area contributed by atoms with Gasteiger partial charge in [0.25, 0.3) is 0 Å². The van der Waals surface area contributed by atoms with Crippen LogP contribution >= 0.6 is 0 Å². The monoisotopic (exact) mass is 419 g/mol. The number of hydrogen-bond donors (Lipinski definition) is 0. The van der Waals surface area contributed by atoms with Gasteiger partial charge in [-0.1, -0.05) is 0 Å². The maximum atomic E-state index is 14.1. The van der Waals surface area contributed by atoms with E-state index in [1.54, 1.807) is 22.9 Å². The SMILES string of the molecule is C[C@@H]1CN(C)[C@@H](C)CN1c1ccc2c(n1)CCC(=O)C(c1cn3cccc(F)c3n1)=C2. The molecule has 0 aromatic carbocycles. The number of nitrogens with zero attached hydrogens (tertiary/aromatic N) is 5. The fourth-order valence-corrected chi connectivity index (χ4v) is 4.54. The number of fused-ring (bicyclic) bond motifs is 2. The zero-order chi connectivity index (χ0) is 21.7. The number of rotatable bonds is 2. The van der Waals surface area contributed by atoms with Crippen LogP contribution in [-0.4, -0.2) is 57.3 Å². The summed E-state index contributed by atoms with van der Waals surface area (Å²) in [5.74, 6) is 0.563. The second-order valence-electron chi connectivity index (χ2n) is 8.69. The van der Waals surface area contributed by atoms with Gasteiger partial charge in [0.1, 0.15) is 5.82 Å². The first-order valence-electron chi connectivity index (χ1n) is 10.8. The molecule has 0 amide bonds. The number of aromatic nitrogens is 3. The summed E-state index contributed by atoms with van der Waals surface area (Å²) in [6.45, 7) is 6.37. The third-order valence-corrected chi connectivity index (χ3v) is 6.49. The van der Waals surface area contributed by atoms with Crippen molar-refractivity contribution in [3.05, 3.63) is 59.4 Å². The van der Waals surface area contributed by atoms with Gasteiger partial charge in [0, 0.05) is 49.6 Å². The van der Waals surface area contributed by atoms with Crippen LogP contribution in [0.3, 0.4) is 0 Å². The first-order valence-corrected chi connectivity index (χ1v) is 10.8. The van der Waals surface area contributed by atoms with Gasteiger partial charge < -0.3 is 9.30 Å². The molecule has 0 radical (unpaired) electrons. The zero-order valence-electron chi connectivity index (χ0n) is 18.0. The molecule has 160 valence electrons. The minimum atomic E-state index is -0.405. The molecule has 2 aliphatic rings. The summed E-state index contributed by atoms with van der Waals surface area (Å²) in [5.41, 5.74) is 3.08. The van der Waals surface area contributed by atoms with Crippen LogP contribution in [0.1, 0.15) is 37.2 Å². The first-order chi connectivity index (χ1) is 14.9. The predicted octanol–water partition coefficient (Wildman–Crippen LogP) is 3.45. The average molecular weight is 420 g/mol. The molecule has 2 atom stereocenters. The summed E-state index contributed by atoms with van der Waals surface area (Å²) in [5, 5.41) is 0. The molecule has 3 aromatic rings. The number of likely N-dealkylation sites (N-methyl/N-ethyl adjacent to an activating group) is 1. The molecule has 7 heteroatoms. The summed E-state index contributed by atoms with van der Waals surface area (Å²) >= 11 is 0. The minimum absolute atomic E-state index is 0.00459. The molecule has 5 rings (SSSR count). The van der Waals surface area contributed by atoms with Gasteiger partial charge in [-0.15, -0.1) is 0 Å². The normalized spacial score (nSPS) is 22.4. The Labute approximate surface area is 181 Å². The van der Waals surface area contributed by atoms with Crippen LogP contribution in [0.4, 0.5) is 10.2 Å². The number of pyridine rings is 2. The van der Waals surface area contributed by atoms with E-state index in [0.717, 1.165) is 30.2 Å². The molecule has 1 aliphatic carbocycles. The molecule has 1 aliphatic heterocycles. The van der Waals surface area contributed by atoms with E-state index in [-0.39, 0.29) is 11.4 Å². The van der Waals surface area contributed by atoms with E-state index in [2.05, 4.69) is 35.7 Å². The largest absolute Gasteiger partial charge is 0.351 e. The fourth-order valence-electron chi connectivity index (χ4n) is 4.54. The molecule has 0 saturated carbocycles. The van der Waals surface area contributed by atoms with E-state index in [0.29, 0.717) is 36.2 Å². The van der Waals surface area contributed by atoms with Crippen molar-refractivity contribution < 1.29 is 9.18 Å². The fraction of sp³-hybridized carbons (Fsp3) is 0.375. The Bertz CT molecular complexity index is 1200. The Morgan fingerprint density at radius 2 is 1.90 bits per heavy atom. The van der Waals surface area contributed by atoms with E-state index in [9.17, 15) is 9.18 Å². The number of hydrogen-bond acceptors (Lipinski definition) is 5. The van der Waals surface area contributed by atoms with E-state index in [1.165, 1.54) is 6.07 Å². The number of imidazole rings is 1. The molecule has 0 N–H and O–H groups in total. The molecular formula is C24H26FN5O. The molecule has 1 saturated heterocycles. The van der Waals surface area contributed by atoms with Crippen molar-refractivity contribution in [1.82, 2.24) is 19.3 Å². The lowest BCUT2D eigenvalue weighted by atomic mass is 10.1. The van der Waals surface area contributed by atoms with Crippen LogP contribution in [0.15, 0.2) is 36.7 Å². The Hall–Kier alpha value is -3.06. The number of allylic oxidation sites excluding steroid dienone is 1. The van der Waals surface area contributed by atoms with Gasteiger partial charge in [-0.2, -0.15) is 0 Å². The molecule has 4 heterocycles. The third-order valence-electron chi connectivity index (χ3n) is 6.49. The van der Waals surface area contributed by atoms with Crippen LogP contribution in [0.2, 0.25) is 0 Å². The molecule has 1 fully saturated rings. The highest BCUT2D eigenvalue weighted by atomic mass is 19.1. The second kappa shape index (κ2) is 7.57. The van der Waals surface area contributed by atoms with Crippen molar-refractivity contribution >= 4 is 28.9 Å². The summed E-state index contributed by atoms with van der Waals surface area (Å²) in [4.78, 5) is 27.0. The van der Waals surface area contributed by atoms with E-state index < -0.39 is 5.82 Å². The van der Waals surface area contributed by atoms with E-state index in [1.807, 2.05) is 18.2 Å². The van der Waals surface area contributed by atoms with E-state index in [4.69, 9.17) is 4.98 Å². The van der Waals surface area contributed by atoms with Crippen LogP contribution < -0.4 is 4.90 Å². The standard InChI is InChI=1S/C24H26FN5O/c1-15-13-30(16(2)12-28(15)3)23-9-6-17-11-18(22(31)8-7-20(17)26-23)21-14-29-10-4-5-19(25)24(29)27-21/h4-6,9-11,14-16H,7-8,12-13H2,1-3H3/t15-,16+/m0/s1. The summed E-state index contributed by atoms with van der Waals surface area (Å²) in [6.07, 6.45) is 6.25. The molecule has 0 unspecified atom stereocenters. The number of piperazine rings is 1. The van der Waals surface area contributed by atoms with Crippen molar-refractivity contribution in [2.75, 3.05) is 25.0 Å². The van der Waals surface area contributed by atoms with Crippen molar-refractivity contribution in [3.63, 3.8) is 0 Å².